The molecule has 0 saturated heterocycles. The predicted octanol–water partition coefficient (Wildman–Crippen LogP) is 1.39. The van der Waals surface area contributed by atoms with Gasteiger partial charge in [-0.15, -0.1) is 0 Å². The first kappa shape index (κ1) is 17.9. The minimum Gasteiger partial charge on any atom is -0.382 e. The van der Waals surface area contributed by atoms with Crippen molar-refractivity contribution in [2.75, 3.05) is 25.5 Å². The van der Waals surface area contributed by atoms with Gasteiger partial charge in [0.1, 0.15) is 5.69 Å². The second-order valence-corrected chi connectivity index (χ2v) is 4.58. The molecule has 0 radical (unpaired) electrons. The van der Waals surface area contributed by atoms with Crippen molar-refractivity contribution < 1.29 is 28.0 Å². The summed E-state index contributed by atoms with van der Waals surface area (Å²) in [7, 11) is 1.22. The standard InChI is InChI=1S/C12H14F3N3O4/c1-17(6-10(19)12(13,14)15)7-11(20)16-8-4-2-3-5-9(8)18(21)22/h2-5,10,19H,6-7H2,1H3,(H,16,20). The van der Waals surface area contributed by atoms with Crippen molar-refractivity contribution in [2.45, 2.75) is 12.3 Å². The number of nitro groups is 1. The second-order valence-electron chi connectivity index (χ2n) is 4.58. The van der Waals surface area contributed by atoms with E-state index in [9.17, 15) is 28.1 Å². The molecule has 10 heteroatoms. The Morgan fingerprint density at radius 2 is 2.05 bits per heavy atom. The van der Waals surface area contributed by atoms with Gasteiger partial charge in [-0.25, -0.2) is 0 Å². The maximum Gasteiger partial charge on any atom is 0.415 e. The molecule has 2 N–H and O–H groups in total. The molecular formula is C12H14F3N3O4. The third-order valence-corrected chi connectivity index (χ3v) is 2.65. The van der Waals surface area contributed by atoms with Gasteiger partial charge in [-0.05, 0) is 13.1 Å². The molecule has 1 rings (SSSR count). The fourth-order valence-electron chi connectivity index (χ4n) is 1.64. The third-order valence-electron chi connectivity index (χ3n) is 2.65. The largest absolute Gasteiger partial charge is 0.415 e. The van der Waals surface area contributed by atoms with Crippen molar-refractivity contribution in [1.29, 1.82) is 0 Å². The van der Waals surface area contributed by atoms with Crippen molar-refractivity contribution in [2.24, 2.45) is 0 Å². The average molecular weight is 321 g/mol. The van der Waals surface area contributed by atoms with E-state index in [0.717, 1.165) is 4.90 Å². The van der Waals surface area contributed by atoms with E-state index in [-0.39, 0.29) is 11.4 Å². The number of nitro benzene ring substituents is 1. The Morgan fingerprint density at radius 1 is 1.45 bits per heavy atom. The highest BCUT2D eigenvalue weighted by molar-refractivity contribution is 5.94. The fraction of sp³-hybridized carbons (Fsp3) is 0.417. The van der Waals surface area contributed by atoms with Crippen LogP contribution in [-0.2, 0) is 4.79 Å². The lowest BCUT2D eigenvalue weighted by Gasteiger charge is -2.21. The van der Waals surface area contributed by atoms with Crippen LogP contribution in [0.2, 0.25) is 0 Å². The van der Waals surface area contributed by atoms with Gasteiger partial charge in [0, 0.05) is 12.6 Å². The minimum absolute atomic E-state index is 0.0535. The van der Waals surface area contributed by atoms with Crippen molar-refractivity contribution in [3.8, 4) is 0 Å². The molecule has 1 aromatic carbocycles. The van der Waals surface area contributed by atoms with Crippen LogP contribution in [-0.4, -0.2) is 53.3 Å². The van der Waals surface area contributed by atoms with E-state index >= 15 is 0 Å². The first-order chi connectivity index (χ1) is 10.1. The lowest BCUT2D eigenvalue weighted by atomic mass is 10.2. The van der Waals surface area contributed by atoms with Crippen LogP contribution in [0.25, 0.3) is 0 Å². The number of nitrogens with zero attached hydrogens (tertiary/aromatic N) is 2. The molecule has 0 heterocycles. The van der Waals surface area contributed by atoms with Crippen molar-refractivity contribution in [3.63, 3.8) is 0 Å². The summed E-state index contributed by atoms with van der Waals surface area (Å²) in [4.78, 5) is 22.7. The Bertz CT molecular complexity index is 551. The number of anilines is 1. The van der Waals surface area contributed by atoms with Gasteiger partial charge in [0.15, 0.2) is 6.10 Å². The highest BCUT2D eigenvalue weighted by Crippen LogP contribution is 2.23. The number of rotatable bonds is 6. The van der Waals surface area contributed by atoms with Crippen molar-refractivity contribution in [1.82, 2.24) is 4.90 Å². The lowest BCUT2D eigenvalue weighted by Crippen LogP contribution is -2.42. The first-order valence-electron chi connectivity index (χ1n) is 6.08. The van der Waals surface area contributed by atoms with Crippen LogP contribution in [0.1, 0.15) is 0 Å². The van der Waals surface area contributed by atoms with Crippen LogP contribution in [0, 0.1) is 10.1 Å². The van der Waals surface area contributed by atoms with Crippen LogP contribution in [0.5, 0.6) is 0 Å². The molecule has 22 heavy (non-hydrogen) atoms. The molecule has 1 amide bonds. The molecule has 0 aliphatic carbocycles. The number of alkyl halides is 3. The smallest absolute Gasteiger partial charge is 0.382 e. The van der Waals surface area contributed by atoms with E-state index in [4.69, 9.17) is 5.11 Å². The number of aliphatic hydroxyl groups is 1. The van der Waals surface area contributed by atoms with Crippen molar-refractivity contribution >= 4 is 17.3 Å². The highest BCUT2D eigenvalue weighted by atomic mass is 19.4. The molecule has 0 fully saturated rings. The van der Waals surface area contributed by atoms with E-state index in [1.807, 2.05) is 0 Å². The maximum absolute atomic E-state index is 12.2. The van der Waals surface area contributed by atoms with Gasteiger partial charge in [0.05, 0.1) is 11.5 Å². The molecule has 0 aliphatic heterocycles. The van der Waals surface area contributed by atoms with E-state index in [2.05, 4.69) is 5.32 Å². The molecular weight excluding hydrogens is 307 g/mol. The van der Waals surface area contributed by atoms with Gasteiger partial charge in [-0.3, -0.25) is 19.8 Å². The van der Waals surface area contributed by atoms with E-state index < -0.39 is 36.2 Å². The number of benzene rings is 1. The number of aliphatic hydroxyl groups excluding tert-OH is 1. The average Bonchev–Trinajstić information content (AvgIpc) is 2.37. The van der Waals surface area contributed by atoms with Crippen LogP contribution in [0.3, 0.4) is 0 Å². The molecule has 0 saturated carbocycles. The molecule has 1 atom stereocenters. The van der Waals surface area contributed by atoms with Crippen LogP contribution in [0.4, 0.5) is 24.5 Å². The van der Waals surface area contributed by atoms with Gasteiger partial charge in [-0.2, -0.15) is 13.2 Å². The minimum atomic E-state index is -4.77. The Hall–Kier alpha value is -2.20. The summed E-state index contributed by atoms with van der Waals surface area (Å²) in [6.45, 7) is -1.24. The SMILES string of the molecule is CN(CC(=O)Nc1ccccc1[N+](=O)[O-])CC(O)C(F)(F)F. The van der Waals surface area contributed by atoms with Gasteiger partial charge in [-0.1, -0.05) is 12.1 Å². The molecule has 0 spiro atoms. The molecule has 7 nitrogen and oxygen atoms in total. The van der Waals surface area contributed by atoms with Gasteiger partial charge >= 0.3 is 6.18 Å². The highest BCUT2D eigenvalue weighted by Gasteiger charge is 2.38. The van der Waals surface area contributed by atoms with Gasteiger partial charge < -0.3 is 10.4 Å². The van der Waals surface area contributed by atoms with Crippen LogP contribution >= 0.6 is 0 Å². The monoisotopic (exact) mass is 321 g/mol. The zero-order valence-electron chi connectivity index (χ0n) is 11.5. The Labute approximate surface area is 123 Å². The third kappa shape index (κ3) is 5.30. The van der Waals surface area contributed by atoms with E-state index in [1.54, 1.807) is 0 Å². The van der Waals surface area contributed by atoms with Gasteiger partial charge in [0.25, 0.3) is 5.69 Å². The molecule has 0 aromatic heterocycles. The molecule has 122 valence electrons. The fourth-order valence-corrected chi connectivity index (χ4v) is 1.64. The zero-order chi connectivity index (χ0) is 16.9. The quantitative estimate of drug-likeness (QED) is 0.610. The summed E-state index contributed by atoms with van der Waals surface area (Å²) in [5.74, 6) is -0.730. The zero-order valence-corrected chi connectivity index (χ0v) is 11.5. The number of amides is 1. The number of halogens is 3. The topological polar surface area (TPSA) is 95.7 Å². The van der Waals surface area contributed by atoms with E-state index in [0.29, 0.717) is 0 Å². The Kier molecular flexibility index (Phi) is 5.83. The first-order valence-corrected chi connectivity index (χ1v) is 6.08. The molecule has 0 aliphatic rings. The van der Waals surface area contributed by atoms with Crippen molar-refractivity contribution in [3.05, 3.63) is 34.4 Å². The van der Waals surface area contributed by atoms with Crippen LogP contribution < -0.4 is 5.32 Å². The number of hydrogen-bond donors (Lipinski definition) is 2. The molecule has 1 unspecified atom stereocenters. The normalized spacial score (nSPS) is 13.0. The van der Waals surface area contributed by atoms with Gasteiger partial charge in [0.2, 0.25) is 5.91 Å². The Balaban J connectivity index is 2.62. The number of likely N-dealkylation sites (N-methyl/N-ethyl adjacent to an activating group) is 1. The Morgan fingerprint density at radius 3 is 2.59 bits per heavy atom. The summed E-state index contributed by atoms with van der Waals surface area (Å²) in [6.07, 6.45) is -7.35. The summed E-state index contributed by atoms with van der Waals surface area (Å²) >= 11 is 0. The number of para-hydroxylation sites is 2. The predicted molar refractivity (Wildman–Crippen MR) is 71.3 cm³/mol. The number of carbonyl (C=O) groups is 1. The summed E-state index contributed by atoms with van der Waals surface area (Å²) < 4.78 is 36.6. The van der Waals surface area contributed by atoms with E-state index in [1.165, 1.54) is 31.3 Å². The van der Waals surface area contributed by atoms with Crippen LogP contribution in [0.15, 0.2) is 24.3 Å². The lowest BCUT2D eigenvalue weighted by molar-refractivity contribution is -0.383. The summed E-state index contributed by atoms with van der Waals surface area (Å²) in [6, 6.07) is 5.38. The summed E-state index contributed by atoms with van der Waals surface area (Å²) in [5.41, 5.74) is -0.379. The maximum atomic E-state index is 12.2. The number of carbonyl (C=O) groups excluding carboxylic acids is 1. The number of nitrogens with one attached hydrogen (secondary N) is 1. The molecule has 1 aromatic rings. The second kappa shape index (κ2) is 7.18. The summed E-state index contributed by atoms with van der Waals surface area (Å²) in [5, 5.41) is 21.9. The number of hydrogen-bond acceptors (Lipinski definition) is 5. The molecule has 0 bridgehead atoms.